The molecule has 0 bridgehead atoms. The average molecular weight is 351 g/mol. The zero-order valence-electron chi connectivity index (χ0n) is 13.9. The Hall–Kier alpha value is -2.06. The van der Waals surface area contributed by atoms with Crippen LogP contribution in [0.15, 0.2) is 24.3 Å². The fourth-order valence-corrected chi connectivity index (χ4v) is 2.95. The lowest BCUT2D eigenvalue weighted by molar-refractivity contribution is -0.149. The molecule has 1 unspecified atom stereocenters. The van der Waals surface area contributed by atoms with E-state index >= 15 is 0 Å². The van der Waals surface area contributed by atoms with Crippen molar-refractivity contribution in [1.82, 2.24) is 14.9 Å². The number of aliphatic carboxylic acids is 1. The van der Waals surface area contributed by atoms with E-state index in [4.69, 9.17) is 4.74 Å². The van der Waals surface area contributed by atoms with Gasteiger partial charge < -0.3 is 19.7 Å². The molecule has 0 radical (unpaired) electrons. The van der Waals surface area contributed by atoms with Crippen LogP contribution >= 0.6 is 11.8 Å². The summed E-state index contributed by atoms with van der Waals surface area (Å²) in [5.41, 5.74) is 0.190. The number of nitrogens with one attached hydrogen (secondary N) is 1. The monoisotopic (exact) mass is 351 g/mol. The molecule has 1 aromatic heterocycles. The minimum absolute atomic E-state index is 0.00297. The molecule has 1 amide bonds. The Balaban J connectivity index is 2.26. The normalized spacial score (nSPS) is 13.6. The lowest BCUT2D eigenvalue weighted by atomic mass is 10.0. The molecule has 0 spiro atoms. The molecule has 2 aromatic rings. The molecule has 7 nitrogen and oxygen atoms in total. The van der Waals surface area contributed by atoms with Crippen LogP contribution in [0.5, 0.6) is 0 Å². The number of aromatic nitrogens is 2. The van der Waals surface area contributed by atoms with E-state index in [0.29, 0.717) is 5.75 Å². The third kappa shape index (κ3) is 3.88. The topological polar surface area (TPSA) is 93.5 Å². The molecule has 0 aliphatic rings. The lowest BCUT2D eigenvalue weighted by Gasteiger charge is -2.25. The van der Waals surface area contributed by atoms with Crippen molar-refractivity contribution in [2.75, 3.05) is 20.0 Å². The first-order chi connectivity index (χ1) is 11.4. The van der Waals surface area contributed by atoms with Gasteiger partial charge in [-0.2, -0.15) is 11.8 Å². The number of thioether (sulfide) groups is 1. The second-order valence-corrected chi connectivity index (χ2v) is 6.52. The largest absolute Gasteiger partial charge is 0.479 e. The van der Waals surface area contributed by atoms with Gasteiger partial charge in [-0.15, -0.1) is 0 Å². The number of carboxylic acids is 1. The second-order valence-electron chi connectivity index (χ2n) is 5.65. The summed E-state index contributed by atoms with van der Waals surface area (Å²) in [5.74, 6) is -0.0986. The quantitative estimate of drug-likeness (QED) is 0.749. The van der Waals surface area contributed by atoms with E-state index in [-0.39, 0.29) is 13.2 Å². The standard InChI is InChI=1S/C16H21N3O4S/c1-16(10-23-2,15(21)22)18-14(20)8-19-12-7-5-4-6-11(12)17-13(19)9-24-3/h4-7H,8-10H2,1-3H3,(H,18,20)(H,21,22). The van der Waals surface area contributed by atoms with Gasteiger partial charge in [-0.1, -0.05) is 12.1 Å². The minimum Gasteiger partial charge on any atom is -0.479 e. The number of methoxy groups -OCH3 is 1. The number of rotatable bonds is 8. The predicted octanol–water partition coefficient (Wildman–Crippen LogP) is 1.51. The zero-order valence-corrected chi connectivity index (χ0v) is 14.7. The number of para-hydroxylation sites is 2. The molecule has 0 aliphatic heterocycles. The Labute approximate surface area is 144 Å². The Morgan fingerprint density at radius 3 is 2.75 bits per heavy atom. The Bertz CT molecular complexity index is 746. The van der Waals surface area contributed by atoms with Crippen molar-refractivity contribution in [2.45, 2.75) is 24.8 Å². The Kier molecular flexibility index (Phi) is 5.84. The van der Waals surface area contributed by atoms with Gasteiger partial charge in [0.05, 0.1) is 23.4 Å². The van der Waals surface area contributed by atoms with Gasteiger partial charge in [-0.05, 0) is 25.3 Å². The van der Waals surface area contributed by atoms with E-state index in [1.807, 2.05) is 35.1 Å². The summed E-state index contributed by atoms with van der Waals surface area (Å²) in [6.07, 6.45) is 1.96. The van der Waals surface area contributed by atoms with Crippen molar-refractivity contribution >= 4 is 34.7 Å². The van der Waals surface area contributed by atoms with E-state index in [1.165, 1.54) is 14.0 Å². The zero-order chi connectivity index (χ0) is 17.7. The Morgan fingerprint density at radius 2 is 2.12 bits per heavy atom. The summed E-state index contributed by atoms with van der Waals surface area (Å²) < 4.78 is 6.73. The molecule has 2 rings (SSSR count). The molecule has 1 heterocycles. The molecule has 2 N–H and O–H groups in total. The number of carbonyl (C=O) groups is 2. The van der Waals surface area contributed by atoms with Crippen LogP contribution in [0.4, 0.5) is 0 Å². The third-order valence-electron chi connectivity index (χ3n) is 3.63. The van der Waals surface area contributed by atoms with Crippen molar-refractivity contribution in [3.05, 3.63) is 30.1 Å². The molecule has 130 valence electrons. The summed E-state index contributed by atoms with van der Waals surface area (Å²) in [7, 11) is 1.40. The molecule has 0 saturated carbocycles. The molecule has 0 aliphatic carbocycles. The maximum Gasteiger partial charge on any atom is 0.331 e. The Morgan fingerprint density at radius 1 is 1.42 bits per heavy atom. The molecule has 1 aromatic carbocycles. The number of amides is 1. The number of carboxylic acid groups (broad SMARTS) is 1. The number of nitrogens with zero attached hydrogens (tertiary/aromatic N) is 2. The van der Waals surface area contributed by atoms with Gasteiger partial charge in [0.25, 0.3) is 0 Å². The second kappa shape index (κ2) is 7.67. The first kappa shape index (κ1) is 18.3. The minimum atomic E-state index is -1.47. The van der Waals surface area contributed by atoms with Crippen LogP contribution in [0.2, 0.25) is 0 Å². The summed E-state index contributed by atoms with van der Waals surface area (Å²) >= 11 is 1.61. The summed E-state index contributed by atoms with van der Waals surface area (Å²) in [6, 6.07) is 7.56. The van der Waals surface area contributed by atoms with E-state index in [2.05, 4.69) is 10.3 Å². The highest BCUT2D eigenvalue weighted by atomic mass is 32.2. The van der Waals surface area contributed by atoms with E-state index in [1.54, 1.807) is 11.8 Å². The predicted molar refractivity (Wildman–Crippen MR) is 93.0 cm³/mol. The highest BCUT2D eigenvalue weighted by Crippen LogP contribution is 2.19. The molecule has 0 saturated heterocycles. The van der Waals surface area contributed by atoms with Gasteiger partial charge in [0.1, 0.15) is 12.4 Å². The fourth-order valence-electron chi connectivity index (χ4n) is 2.47. The van der Waals surface area contributed by atoms with Gasteiger partial charge in [0.15, 0.2) is 5.54 Å². The number of ether oxygens (including phenoxy) is 1. The highest BCUT2D eigenvalue weighted by molar-refractivity contribution is 7.97. The van der Waals surface area contributed by atoms with Crippen molar-refractivity contribution in [3.63, 3.8) is 0 Å². The molecular weight excluding hydrogens is 330 g/mol. The SMILES string of the molecule is COCC(C)(NC(=O)Cn1c(CSC)nc2ccccc21)C(=O)O. The van der Waals surface area contributed by atoms with Crippen LogP contribution in [0.1, 0.15) is 12.7 Å². The van der Waals surface area contributed by atoms with Crippen LogP contribution in [0, 0.1) is 0 Å². The number of carbonyl (C=O) groups excluding carboxylic acids is 1. The van der Waals surface area contributed by atoms with Gasteiger partial charge in [0, 0.05) is 7.11 Å². The van der Waals surface area contributed by atoms with Gasteiger partial charge in [-0.3, -0.25) is 4.79 Å². The molecule has 0 fully saturated rings. The fraction of sp³-hybridized carbons (Fsp3) is 0.438. The number of imidazole rings is 1. The lowest BCUT2D eigenvalue weighted by Crippen LogP contribution is -2.56. The average Bonchev–Trinajstić information content (AvgIpc) is 2.85. The number of benzene rings is 1. The molecular formula is C16H21N3O4S. The summed E-state index contributed by atoms with van der Waals surface area (Å²) in [4.78, 5) is 28.4. The molecule has 1 atom stereocenters. The van der Waals surface area contributed by atoms with Crippen LogP contribution < -0.4 is 5.32 Å². The van der Waals surface area contributed by atoms with Gasteiger partial charge in [0.2, 0.25) is 5.91 Å². The maximum atomic E-state index is 12.4. The first-order valence-electron chi connectivity index (χ1n) is 7.37. The van der Waals surface area contributed by atoms with Crippen LogP contribution in [0.3, 0.4) is 0 Å². The van der Waals surface area contributed by atoms with Crippen molar-refractivity contribution in [3.8, 4) is 0 Å². The number of hydrogen-bond acceptors (Lipinski definition) is 5. The summed E-state index contributed by atoms with van der Waals surface area (Å²) in [6.45, 7) is 1.31. The third-order valence-corrected chi connectivity index (χ3v) is 4.18. The van der Waals surface area contributed by atoms with Crippen molar-refractivity contribution in [2.24, 2.45) is 0 Å². The maximum absolute atomic E-state index is 12.4. The van der Waals surface area contributed by atoms with Gasteiger partial charge in [-0.25, -0.2) is 9.78 Å². The van der Waals surface area contributed by atoms with E-state index in [9.17, 15) is 14.7 Å². The van der Waals surface area contributed by atoms with Crippen molar-refractivity contribution < 1.29 is 19.4 Å². The number of hydrogen-bond donors (Lipinski definition) is 2. The van der Waals surface area contributed by atoms with Crippen LogP contribution in [-0.2, 0) is 26.6 Å². The summed E-state index contributed by atoms with van der Waals surface area (Å²) in [5, 5.41) is 11.9. The highest BCUT2D eigenvalue weighted by Gasteiger charge is 2.35. The first-order valence-corrected chi connectivity index (χ1v) is 8.77. The van der Waals surface area contributed by atoms with Crippen molar-refractivity contribution in [1.29, 1.82) is 0 Å². The van der Waals surface area contributed by atoms with E-state index in [0.717, 1.165) is 16.9 Å². The van der Waals surface area contributed by atoms with Crippen LogP contribution in [-0.4, -0.2) is 52.0 Å². The van der Waals surface area contributed by atoms with Crippen LogP contribution in [0.25, 0.3) is 11.0 Å². The molecule has 24 heavy (non-hydrogen) atoms. The van der Waals surface area contributed by atoms with E-state index < -0.39 is 17.4 Å². The van der Waals surface area contributed by atoms with Gasteiger partial charge >= 0.3 is 5.97 Å². The molecule has 8 heteroatoms. The number of fused-ring (bicyclic) bond motifs is 1. The smallest absolute Gasteiger partial charge is 0.331 e.